The van der Waals surface area contributed by atoms with Gasteiger partial charge in [-0.25, -0.2) is 0 Å². The maximum absolute atomic E-state index is 13.4. The van der Waals surface area contributed by atoms with Crippen LogP contribution in [0.5, 0.6) is 0 Å². The minimum atomic E-state index is -2.38. The highest BCUT2D eigenvalue weighted by atomic mass is 31.2. The molecule has 0 atom stereocenters. The van der Waals surface area contributed by atoms with Gasteiger partial charge in [0, 0.05) is 18.1 Å². The molecule has 0 N–H and O–H groups in total. The molecule has 0 saturated heterocycles. The first kappa shape index (κ1) is 21.0. The number of carbonyl (C=O) groups excluding carboxylic acids is 2. The quantitative estimate of drug-likeness (QED) is 0.520. The van der Waals surface area contributed by atoms with Crippen molar-refractivity contribution in [2.24, 2.45) is 0 Å². The number of rotatable bonds is 8. The highest BCUT2D eigenvalue weighted by Gasteiger charge is 2.32. The lowest BCUT2D eigenvalue weighted by Crippen LogP contribution is -2.33. The number of benzene rings is 3. The topological polar surface area (TPSA) is 34.1 Å². The summed E-state index contributed by atoms with van der Waals surface area (Å²) < 4.78 is 0. The van der Waals surface area contributed by atoms with Gasteiger partial charge in [0.2, 0.25) is 0 Å². The van der Waals surface area contributed by atoms with Gasteiger partial charge >= 0.3 is 0 Å². The second-order valence-corrected chi connectivity index (χ2v) is 10.5. The third-order valence-electron chi connectivity index (χ3n) is 5.19. The highest BCUT2D eigenvalue weighted by Crippen LogP contribution is 2.47. The maximum atomic E-state index is 13.4. The Labute approximate surface area is 173 Å². The SMILES string of the molecule is CCC(=O)C(CCC(C)=O)=P(c1ccccc1)(c1ccccc1)c1ccccc1. The number of hydrogen-bond donors (Lipinski definition) is 0. The average Bonchev–Trinajstić information content (AvgIpc) is 2.78. The van der Waals surface area contributed by atoms with Crippen molar-refractivity contribution in [1.82, 2.24) is 0 Å². The standard InChI is InChI=1S/C26H27O2P/c1-3-25(28)26(20-19-21(2)27)29(22-13-7-4-8-14-22,23-15-9-5-10-16-23)24-17-11-6-12-18-24/h4-18H,3,19-20H2,1-2H3. The predicted octanol–water partition coefficient (Wildman–Crippen LogP) is 4.50. The Hall–Kier alpha value is -2.70. The van der Waals surface area contributed by atoms with Crippen LogP contribution in [0.25, 0.3) is 0 Å². The summed E-state index contributed by atoms with van der Waals surface area (Å²) >= 11 is 0. The second-order valence-electron chi connectivity index (χ2n) is 7.10. The molecule has 3 aromatic rings. The third-order valence-corrected chi connectivity index (χ3v) is 9.69. The van der Waals surface area contributed by atoms with E-state index < -0.39 is 6.89 Å². The van der Waals surface area contributed by atoms with Gasteiger partial charge in [-0.05, 0) is 36.1 Å². The Balaban J connectivity index is 2.53. The van der Waals surface area contributed by atoms with Crippen molar-refractivity contribution >= 4 is 39.7 Å². The van der Waals surface area contributed by atoms with Gasteiger partial charge in [-0.3, -0.25) is 4.79 Å². The molecule has 0 aliphatic rings. The Morgan fingerprint density at radius 2 is 1.03 bits per heavy atom. The summed E-state index contributed by atoms with van der Waals surface area (Å²) in [6.45, 7) is 1.13. The van der Waals surface area contributed by atoms with E-state index in [0.29, 0.717) is 19.3 Å². The van der Waals surface area contributed by atoms with Gasteiger partial charge in [0.15, 0.2) is 5.78 Å². The molecule has 0 fully saturated rings. The average molecular weight is 402 g/mol. The molecule has 3 aromatic carbocycles. The minimum Gasteiger partial charge on any atom is -0.300 e. The van der Waals surface area contributed by atoms with Gasteiger partial charge in [-0.15, -0.1) is 0 Å². The molecule has 0 aromatic heterocycles. The molecule has 29 heavy (non-hydrogen) atoms. The summed E-state index contributed by atoms with van der Waals surface area (Å²) in [5, 5.41) is 4.34. The summed E-state index contributed by atoms with van der Waals surface area (Å²) in [5.74, 6) is 0.259. The molecule has 0 bridgehead atoms. The number of Topliss-reactive ketones (excluding diaryl/α,β-unsaturated/α-hetero) is 2. The lowest BCUT2D eigenvalue weighted by atomic mass is 10.1. The molecule has 148 valence electrons. The van der Waals surface area contributed by atoms with Gasteiger partial charge in [0.1, 0.15) is 5.78 Å². The number of ketones is 2. The molecule has 3 rings (SSSR count). The summed E-state index contributed by atoms with van der Waals surface area (Å²) in [6, 6.07) is 31.0. The van der Waals surface area contributed by atoms with E-state index in [9.17, 15) is 9.59 Å². The van der Waals surface area contributed by atoms with E-state index in [1.54, 1.807) is 6.92 Å². The third kappa shape index (κ3) is 4.33. The molecule has 2 nitrogen and oxygen atoms in total. The number of hydrogen-bond acceptors (Lipinski definition) is 2. The van der Waals surface area contributed by atoms with Crippen LogP contribution in [0.4, 0.5) is 0 Å². The van der Waals surface area contributed by atoms with Crippen LogP contribution in [0.15, 0.2) is 91.0 Å². The summed E-state index contributed by atoms with van der Waals surface area (Å²) in [7, 11) is 0. The van der Waals surface area contributed by atoms with E-state index in [2.05, 4.69) is 36.4 Å². The van der Waals surface area contributed by atoms with Crippen molar-refractivity contribution in [1.29, 1.82) is 0 Å². The van der Waals surface area contributed by atoms with Gasteiger partial charge < -0.3 is 4.79 Å². The summed E-state index contributed by atoms with van der Waals surface area (Å²) in [5.41, 5.74) is 0. The zero-order valence-electron chi connectivity index (χ0n) is 17.0. The largest absolute Gasteiger partial charge is 0.300 e. The van der Waals surface area contributed by atoms with Crippen LogP contribution in [0.3, 0.4) is 0 Å². The normalized spacial score (nSPS) is 11.1. The van der Waals surface area contributed by atoms with Crippen LogP contribution in [0, 0.1) is 0 Å². The molecule has 0 aliphatic heterocycles. The molecule has 3 heteroatoms. The lowest BCUT2D eigenvalue weighted by molar-refractivity contribution is -0.116. The molecule has 0 amide bonds. The molecule has 0 aliphatic carbocycles. The van der Waals surface area contributed by atoms with Gasteiger partial charge in [0.25, 0.3) is 0 Å². The van der Waals surface area contributed by atoms with E-state index in [-0.39, 0.29) is 11.6 Å². The van der Waals surface area contributed by atoms with E-state index >= 15 is 0 Å². The molecule has 0 saturated carbocycles. The molecule has 0 heterocycles. The van der Waals surface area contributed by atoms with Crippen LogP contribution < -0.4 is 15.9 Å². The van der Waals surface area contributed by atoms with Crippen LogP contribution in [-0.4, -0.2) is 16.9 Å². The molecular formula is C26H27O2P. The first-order chi connectivity index (χ1) is 14.1. The molecule has 0 unspecified atom stereocenters. The first-order valence-electron chi connectivity index (χ1n) is 10.1. The second kappa shape index (κ2) is 9.67. The zero-order valence-corrected chi connectivity index (χ0v) is 17.9. The van der Waals surface area contributed by atoms with Gasteiger partial charge in [-0.1, -0.05) is 97.9 Å². The van der Waals surface area contributed by atoms with E-state index in [1.807, 2.05) is 61.5 Å². The number of carbonyl (C=O) groups is 2. The first-order valence-corrected chi connectivity index (χ1v) is 11.8. The lowest BCUT2D eigenvalue weighted by Gasteiger charge is -2.32. The fourth-order valence-electron chi connectivity index (χ4n) is 3.86. The van der Waals surface area contributed by atoms with Crippen molar-refractivity contribution in [3.63, 3.8) is 0 Å². The van der Waals surface area contributed by atoms with Crippen molar-refractivity contribution in [3.8, 4) is 0 Å². The summed E-state index contributed by atoms with van der Waals surface area (Å²) in [4.78, 5) is 25.3. The van der Waals surface area contributed by atoms with Crippen LogP contribution >= 0.6 is 6.89 Å². The minimum absolute atomic E-state index is 0.110. The van der Waals surface area contributed by atoms with E-state index in [4.69, 9.17) is 0 Å². The van der Waals surface area contributed by atoms with Crippen molar-refractivity contribution in [2.75, 3.05) is 0 Å². The smallest absolute Gasteiger partial charge is 0.159 e. The fraction of sp³-hybridized carbons (Fsp3) is 0.192. The summed E-state index contributed by atoms with van der Waals surface area (Å²) in [6.07, 6.45) is 1.31. The van der Waals surface area contributed by atoms with Crippen LogP contribution in [-0.2, 0) is 9.59 Å². The Morgan fingerprint density at radius 3 is 1.34 bits per heavy atom. The maximum Gasteiger partial charge on any atom is 0.159 e. The zero-order chi connectivity index (χ0) is 20.7. The van der Waals surface area contributed by atoms with Gasteiger partial charge in [0.05, 0.1) is 0 Å². The Bertz CT molecular complexity index is 919. The highest BCUT2D eigenvalue weighted by molar-refractivity contribution is 7.96. The van der Waals surface area contributed by atoms with E-state index in [1.165, 1.54) is 0 Å². The van der Waals surface area contributed by atoms with Gasteiger partial charge in [-0.2, -0.15) is 0 Å². The van der Waals surface area contributed by atoms with Crippen molar-refractivity contribution in [2.45, 2.75) is 33.1 Å². The Kier molecular flexibility index (Phi) is 7.01. The predicted molar refractivity (Wildman–Crippen MR) is 125 cm³/mol. The Morgan fingerprint density at radius 1 is 0.655 bits per heavy atom. The van der Waals surface area contributed by atoms with Crippen molar-refractivity contribution < 1.29 is 9.59 Å². The monoisotopic (exact) mass is 402 g/mol. The molecule has 0 spiro atoms. The molecular weight excluding hydrogens is 375 g/mol. The van der Waals surface area contributed by atoms with Crippen molar-refractivity contribution in [3.05, 3.63) is 91.0 Å². The van der Waals surface area contributed by atoms with E-state index in [0.717, 1.165) is 21.2 Å². The van der Waals surface area contributed by atoms with Crippen LogP contribution in [0.2, 0.25) is 0 Å². The molecule has 0 radical (unpaired) electrons. The van der Waals surface area contributed by atoms with Crippen LogP contribution in [0.1, 0.15) is 33.1 Å². The fourth-order valence-corrected chi connectivity index (χ4v) is 8.53.